The summed E-state index contributed by atoms with van der Waals surface area (Å²) in [5.74, 6) is 0. The first kappa shape index (κ1) is 25.4. The molecule has 0 N–H and O–H groups in total. The molecule has 8 aromatic rings. The summed E-state index contributed by atoms with van der Waals surface area (Å²) in [7, 11) is 0. The van der Waals surface area contributed by atoms with Crippen molar-refractivity contribution in [2.45, 2.75) is 45.4 Å². The molecule has 0 unspecified atom stereocenters. The van der Waals surface area contributed by atoms with Crippen LogP contribution in [0.1, 0.15) is 56.9 Å². The summed E-state index contributed by atoms with van der Waals surface area (Å²) in [6, 6.07) is 40.3. The number of hydrogen-bond acceptors (Lipinski definition) is 1. The van der Waals surface area contributed by atoms with Crippen molar-refractivity contribution >= 4 is 54.1 Å². The molecule has 1 heterocycles. The van der Waals surface area contributed by atoms with E-state index in [1.807, 2.05) is 6.07 Å². The second kappa shape index (κ2) is 8.28. The SMILES string of the molecule is CC(C)(C)c1ccc2c(c1)c1c3cccc4c5c(c6cccc(c6c43)c1n2-c1ccccc1)-c1ccc(C#N)cc1C5(C)C. The van der Waals surface area contributed by atoms with Crippen molar-refractivity contribution in [1.29, 1.82) is 5.26 Å². The highest BCUT2D eigenvalue weighted by Crippen LogP contribution is 2.57. The first-order valence-electron chi connectivity index (χ1n) is 15.5. The summed E-state index contributed by atoms with van der Waals surface area (Å²) in [5, 5.41) is 20.3. The highest BCUT2D eigenvalue weighted by atomic mass is 15.0. The predicted octanol–water partition coefficient (Wildman–Crippen LogP) is 11.2. The van der Waals surface area contributed by atoms with Crippen LogP contribution < -0.4 is 0 Å². The summed E-state index contributed by atoms with van der Waals surface area (Å²) in [4.78, 5) is 0. The lowest BCUT2D eigenvalue weighted by Gasteiger charge is -2.25. The van der Waals surface area contributed by atoms with E-state index in [0.717, 1.165) is 0 Å². The van der Waals surface area contributed by atoms with Crippen LogP contribution in [-0.2, 0) is 10.8 Å². The van der Waals surface area contributed by atoms with Gasteiger partial charge >= 0.3 is 0 Å². The van der Waals surface area contributed by atoms with Gasteiger partial charge in [0.05, 0.1) is 22.7 Å². The van der Waals surface area contributed by atoms with E-state index in [1.165, 1.54) is 87.6 Å². The van der Waals surface area contributed by atoms with Gasteiger partial charge in [0, 0.05) is 32.6 Å². The maximum atomic E-state index is 9.78. The number of rotatable bonds is 1. The van der Waals surface area contributed by atoms with E-state index in [2.05, 4.69) is 142 Å². The summed E-state index contributed by atoms with van der Waals surface area (Å²) in [6.45, 7) is 11.6. The normalized spacial score (nSPS) is 14.2. The van der Waals surface area contributed by atoms with Crippen LogP contribution in [0.4, 0.5) is 0 Å². The van der Waals surface area contributed by atoms with Crippen molar-refractivity contribution in [1.82, 2.24) is 4.57 Å². The monoisotopic (exact) mass is 564 g/mol. The first-order chi connectivity index (χ1) is 21.2. The molecule has 1 aliphatic rings. The molecule has 9 rings (SSSR count). The van der Waals surface area contributed by atoms with Gasteiger partial charge in [-0.15, -0.1) is 0 Å². The topological polar surface area (TPSA) is 28.7 Å². The van der Waals surface area contributed by atoms with Crippen molar-refractivity contribution in [3.05, 3.63) is 125 Å². The zero-order valence-electron chi connectivity index (χ0n) is 25.7. The Morgan fingerprint density at radius 1 is 0.659 bits per heavy atom. The molecular formula is C42H32N2. The third-order valence-electron chi connectivity index (χ3n) is 10.3. The minimum absolute atomic E-state index is 0.0351. The van der Waals surface area contributed by atoms with Crippen LogP contribution in [0.5, 0.6) is 0 Å². The van der Waals surface area contributed by atoms with Gasteiger partial charge in [0.15, 0.2) is 0 Å². The molecule has 0 spiro atoms. The van der Waals surface area contributed by atoms with Crippen LogP contribution in [0.15, 0.2) is 103 Å². The lowest BCUT2D eigenvalue weighted by molar-refractivity contribution is 0.591. The minimum atomic E-state index is -0.238. The summed E-state index contributed by atoms with van der Waals surface area (Å²) in [6.07, 6.45) is 0. The van der Waals surface area contributed by atoms with E-state index in [4.69, 9.17) is 0 Å². The summed E-state index contributed by atoms with van der Waals surface area (Å²) >= 11 is 0. The Balaban J connectivity index is 1.58. The lowest BCUT2D eigenvalue weighted by Crippen LogP contribution is -2.16. The Kier molecular flexibility index (Phi) is 4.77. The quantitative estimate of drug-likeness (QED) is 0.182. The maximum absolute atomic E-state index is 9.78. The van der Waals surface area contributed by atoms with Gasteiger partial charge in [-0.2, -0.15) is 5.26 Å². The van der Waals surface area contributed by atoms with Crippen LogP contribution in [0.25, 0.3) is 70.9 Å². The molecule has 0 amide bonds. The largest absolute Gasteiger partial charge is 0.309 e. The lowest BCUT2D eigenvalue weighted by atomic mass is 9.77. The number of aromatic nitrogens is 1. The smallest absolute Gasteiger partial charge is 0.0991 e. The average Bonchev–Trinajstić information content (AvgIpc) is 3.49. The number of para-hydroxylation sites is 1. The zero-order chi connectivity index (χ0) is 30.1. The number of hydrogen-bond donors (Lipinski definition) is 0. The van der Waals surface area contributed by atoms with E-state index in [0.29, 0.717) is 5.56 Å². The van der Waals surface area contributed by atoms with Crippen molar-refractivity contribution in [3.63, 3.8) is 0 Å². The Hall–Kier alpha value is -5.13. The van der Waals surface area contributed by atoms with Gasteiger partial charge in [0.2, 0.25) is 0 Å². The second-order valence-electron chi connectivity index (χ2n) is 14.1. The molecule has 0 bridgehead atoms. The molecule has 0 fully saturated rings. The second-order valence-corrected chi connectivity index (χ2v) is 14.1. The molecule has 44 heavy (non-hydrogen) atoms. The average molecular weight is 565 g/mol. The van der Waals surface area contributed by atoms with Crippen molar-refractivity contribution in [3.8, 4) is 22.9 Å². The van der Waals surface area contributed by atoms with E-state index in [1.54, 1.807) is 0 Å². The van der Waals surface area contributed by atoms with Crippen molar-refractivity contribution in [2.24, 2.45) is 0 Å². The van der Waals surface area contributed by atoms with Gasteiger partial charge in [0.1, 0.15) is 0 Å². The Morgan fingerprint density at radius 3 is 2.11 bits per heavy atom. The standard InChI is InChI=1S/C42H32N2/c1-41(2,3)25-18-20-34-32(22-25)38-29-14-9-15-30-35(29)36-28(13-10-16-31(36)40(38)44(34)26-11-7-6-8-12-26)37-27-19-17-24(23-43)21-33(27)42(4,5)39(30)37/h6-22H,1-5H3. The molecule has 0 saturated heterocycles. The van der Waals surface area contributed by atoms with Crippen LogP contribution in [-0.4, -0.2) is 4.57 Å². The molecular weight excluding hydrogens is 532 g/mol. The predicted molar refractivity (Wildman–Crippen MR) is 185 cm³/mol. The Bertz CT molecular complexity index is 2550. The summed E-state index contributed by atoms with van der Waals surface area (Å²) in [5.41, 5.74) is 10.7. The molecule has 0 saturated carbocycles. The molecule has 0 aliphatic heterocycles. The third kappa shape index (κ3) is 3.04. The van der Waals surface area contributed by atoms with Gasteiger partial charge in [-0.3, -0.25) is 0 Å². The zero-order valence-corrected chi connectivity index (χ0v) is 25.7. The number of nitriles is 1. The fourth-order valence-corrected chi connectivity index (χ4v) is 8.28. The van der Waals surface area contributed by atoms with E-state index >= 15 is 0 Å². The number of benzene rings is 7. The third-order valence-corrected chi connectivity index (χ3v) is 10.3. The molecule has 0 atom stereocenters. The molecule has 210 valence electrons. The van der Waals surface area contributed by atoms with Crippen LogP contribution >= 0.6 is 0 Å². The maximum Gasteiger partial charge on any atom is 0.0991 e. The minimum Gasteiger partial charge on any atom is -0.309 e. The molecule has 2 nitrogen and oxygen atoms in total. The molecule has 1 aliphatic carbocycles. The van der Waals surface area contributed by atoms with E-state index in [9.17, 15) is 5.26 Å². The van der Waals surface area contributed by atoms with Crippen molar-refractivity contribution in [2.75, 3.05) is 0 Å². The number of fused-ring (bicyclic) bond motifs is 10. The summed E-state index contributed by atoms with van der Waals surface area (Å²) < 4.78 is 2.48. The Labute approximate surface area is 257 Å². The van der Waals surface area contributed by atoms with Crippen LogP contribution in [0, 0.1) is 11.3 Å². The first-order valence-corrected chi connectivity index (χ1v) is 15.5. The van der Waals surface area contributed by atoms with Gasteiger partial charge in [0.25, 0.3) is 0 Å². The van der Waals surface area contributed by atoms with Crippen molar-refractivity contribution < 1.29 is 0 Å². The fraction of sp³-hybridized carbons (Fsp3) is 0.167. The molecule has 2 heteroatoms. The van der Waals surface area contributed by atoms with Gasteiger partial charge in [-0.25, -0.2) is 0 Å². The van der Waals surface area contributed by atoms with Gasteiger partial charge in [-0.1, -0.05) is 101 Å². The fourth-order valence-electron chi connectivity index (χ4n) is 8.28. The molecule has 1 aromatic heterocycles. The highest BCUT2D eigenvalue weighted by molar-refractivity contribution is 6.40. The van der Waals surface area contributed by atoms with Crippen LogP contribution in [0.3, 0.4) is 0 Å². The molecule has 7 aromatic carbocycles. The van der Waals surface area contributed by atoms with Crippen LogP contribution in [0.2, 0.25) is 0 Å². The highest BCUT2D eigenvalue weighted by Gasteiger charge is 2.39. The van der Waals surface area contributed by atoms with Gasteiger partial charge < -0.3 is 4.57 Å². The van der Waals surface area contributed by atoms with E-state index in [-0.39, 0.29) is 10.8 Å². The molecule has 0 radical (unpaired) electrons. The van der Waals surface area contributed by atoms with Gasteiger partial charge in [-0.05, 0) is 91.2 Å². The number of nitrogens with zero attached hydrogens (tertiary/aromatic N) is 2. The van der Waals surface area contributed by atoms with E-state index < -0.39 is 0 Å². The Morgan fingerprint density at radius 2 is 1.36 bits per heavy atom.